The maximum absolute atomic E-state index is 12.8. The van der Waals surface area contributed by atoms with Crippen LogP contribution in [-0.4, -0.2) is 11.2 Å². The van der Waals surface area contributed by atoms with Gasteiger partial charge >= 0.3 is 0 Å². The van der Waals surface area contributed by atoms with Gasteiger partial charge in [0.05, 0.1) is 0 Å². The van der Waals surface area contributed by atoms with Crippen molar-refractivity contribution < 1.29 is 14.3 Å². The van der Waals surface area contributed by atoms with Crippen LogP contribution in [0.25, 0.3) is 0 Å². The average Bonchev–Trinajstić information content (AvgIpc) is 2.06. The van der Waals surface area contributed by atoms with Crippen molar-refractivity contribution >= 4 is 6.08 Å². The molecule has 3 nitrogen and oxygen atoms in total. The molecule has 1 aromatic rings. The molecule has 0 fully saturated rings. The van der Waals surface area contributed by atoms with Crippen LogP contribution in [-0.2, 0) is 4.79 Å². The van der Waals surface area contributed by atoms with E-state index in [0.717, 1.165) is 6.08 Å². The Morgan fingerprint density at radius 1 is 1.42 bits per heavy atom. The first-order valence-corrected chi connectivity index (χ1v) is 3.24. The molecule has 1 rings (SSSR count). The predicted molar refractivity (Wildman–Crippen MR) is 40.1 cm³/mol. The van der Waals surface area contributed by atoms with E-state index in [2.05, 4.69) is 4.99 Å². The second-order valence-corrected chi connectivity index (χ2v) is 2.15. The van der Waals surface area contributed by atoms with Crippen molar-refractivity contribution in [3.05, 3.63) is 29.8 Å². The number of isocyanates is 1. The van der Waals surface area contributed by atoms with E-state index in [1.54, 1.807) is 0 Å². The van der Waals surface area contributed by atoms with E-state index in [-0.39, 0.29) is 11.3 Å². The lowest BCUT2D eigenvalue weighted by Crippen LogP contribution is -1.85. The average molecular weight is 167 g/mol. The Labute approximate surface area is 68.2 Å². The van der Waals surface area contributed by atoms with Crippen LogP contribution in [0.1, 0.15) is 11.9 Å². The Balaban J connectivity index is 2.89. The van der Waals surface area contributed by atoms with E-state index in [9.17, 15) is 9.18 Å². The maximum atomic E-state index is 12.8. The van der Waals surface area contributed by atoms with Crippen LogP contribution in [0.2, 0.25) is 0 Å². The number of alkyl halides is 1. The van der Waals surface area contributed by atoms with E-state index < -0.39 is 6.30 Å². The number of benzene rings is 1. The number of aliphatic imine (C=N–C) groups is 1. The quantitative estimate of drug-likeness (QED) is 0.414. The van der Waals surface area contributed by atoms with Gasteiger partial charge in [-0.15, -0.1) is 0 Å². The standard InChI is InChI=1S/C8H6FNO2/c9-8(10-5-11)6-1-3-7(12)4-2-6/h1-4,8,12H. The highest BCUT2D eigenvalue weighted by Gasteiger charge is 2.05. The Hall–Kier alpha value is -1.67. The number of nitrogens with zero attached hydrogens (tertiary/aromatic N) is 1. The van der Waals surface area contributed by atoms with Gasteiger partial charge in [-0.3, -0.25) is 0 Å². The second kappa shape index (κ2) is 3.64. The lowest BCUT2D eigenvalue weighted by atomic mass is 10.2. The minimum Gasteiger partial charge on any atom is -0.508 e. The summed E-state index contributed by atoms with van der Waals surface area (Å²) in [6.07, 6.45) is -0.574. The van der Waals surface area contributed by atoms with Crippen LogP contribution < -0.4 is 0 Å². The fourth-order valence-electron chi connectivity index (χ4n) is 0.754. The summed E-state index contributed by atoms with van der Waals surface area (Å²) < 4.78 is 12.8. The molecule has 0 heterocycles. The van der Waals surface area contributed by atoms with Gasteiger partial charge in [0.2, 0.25) is 12.4 Å². The maximum Gasteiger partial charge on any atom is 0.238 e. The first-order valence-electron chi connectivity index (χ1n) is 3.24. The Morgan fingerprint density at radius 2 is 2.00 bits per heavy atom. The van der Waals surface area contributed by atoms with Crippen LogP contribution in [0, 0.1) is 0 Å². The zero-order valence-corrected chi connectivity index (χ0v) is 6.07. The molecule has 0 bridgehead atoms. The molecule has 0 spiro atoms. The van der Waals surface area contributed by atoms with Gasteiger partial charge in [-0.2, -0.15) is 4.99 Å². The number of aromatic hydroxyl groups is 1. The summed E-state index contributed by atoms with van der Waals surface area (Å²) in [5.41, 5.74) is 0.219. The molecule has 1 atom stereocenters. The number of rotatable bonds is 2. The van der Waals surface area contributed by atoms with Gasteiger partial charge in [-0.25, -0.2) is 9.18 Å². The smallest absolute Gasteiger partial charge is 0.238 e. The summed E-state index contributed by atoms with van der Waals surface area (Å²) in [4.78, 5) is 12.5. The van der Waals surface area contributed by atoms with Crippen molar-refractivity contribution in [3.63, 3.8) is 0 Å². The largest absolute Gasteiger partial charge is 0.508 e. The second-order valence-electron chi connectivity index (χ2n) is 2.15. The summed E-state index contributed by atoms with van der Waals surface area (Å²) in [6, 6.07) is 5.34. The monoisotopic (exact) mass is 167 g/mol. The molecule has 12 heavy (non-hydrogen) atoms. The van der Waals surface area contributed by atoms with Crippen LogP contribution in [0.3, 0.4) is 0 Å². The molecule has 1 unspecified atom stereocenters. The minimum absolute atomic E-state index is 0.0426. The molecular weight excluding hydrogens is 161 g/mol. The number of halogens is 1. The van der Waals surface area contributed by atoms with E-state index in [4.69, 9.17) is 5.11 Å². The normalized spacial score (nSPS) is 11.8. The molecule has 0 aliphatic carbocycles. The highest BCUT2D eigenvalue weighted by Crippen LogP contribution is 2.20. The third-order valence-corrected chi connectivity index (χ3v) is 1.33. The number of hydrogen-bond donors (Lipinski definition) is 1. The van der Waals surface area contributed by atoms with Gasteiger partial charge in [-0.1, -0.05) is 12.1 Å². The predicted octanol–water partition coefficient (Wildman–Crippen LogP) is 1.70. The summed E-state index contributed by atoms with van der Waals surface area (Å²) >= 11 is 0. The molecule has 0 aliphatic rings. The fraction of sp³-hybridized carbons (Fsp3) is 0.125. The van der Waals surface area contributed by atoms with E-state index in [1.165, 1.54) is 24.3 Å². The van der Waals surface area contributed by atoms with E-state index in [0.29, 0.717) is 0 Å². The number of hydrogen-bond acceptors (Lipinski definition) is 3. The number of phenols is 1. The van der Waals surface area contributed by atoms with Gasteiger partial charge in [-0.05, 0) is 12.1 Å². The van der Waals surface area contributed by atoms with Crippen LogP contribution in [0.15, 0.2) is 29.3 Å². The van der Waals surface area contributed by atoms with Gasteiger partial charge in [0, 0.05) is 5.56 Å². The number of carbonyl (C=O) groups excluding carboxylic acids is 1. The van der Waals surface area contributed by atoms with Gasteiger partial charge < -0.3 is 5.11 Å². The topological polar surface area (TPSA) is 49.7 Å². The molecule has 1 N–H and O–H groups in total. The Kier molecular flexibility index (Phi) is 2.56. The summed E-state index contributed by atoms with van der Waals surface area (Å²) in [5, 5.41) is 8.84. The SMILES string of the molecule is O=C=NC(F)c1ccc(O)cc1. The minimum atomic E-state index is -1.69. The van der Waals surface area contributed by atoms with Crippen molar-refractivity contribution in [2.75, 3.05) is 0 Å². The van der Waals surface area contributed by atoms with E-state index in [1.807, 2.05) is 0 Å². The molecule has 62 valence electrons. The fourth-order valence-corrected chi connectivity index (χ4v) is 0.754. The van der Waals surface area contributed by atoms with Crippen molar-refractivity contribution in [3.8, 4) is 5.75 Å². The Morgan fingerprint density at radius 3 is 2.50 bits per heavy atom. The third-order valence-electron chi connectivity index (χ3n) is 1.33. The molecule has 4 heteroatoms. The van der Waals surface area contributed by atoms with Crippen molar-refractivity contribution in [1.29, 1.82) is 0 Å². The molecule has 0 aromatic heterocycles. The van der Waals surface area contributed by atoms with Crippen molar-refractivity contribution in [2.24, 2.45) is 4.99 Å². The van der Waals surface area contributed by atoms with Gasteiger partial charge in [0.15, 0.2) is 0 Å². The van der Waals surface area contributed by atoms with Crippen molar-refractivity contribution in [2.45, 2.75) is 6.30 Å². The first-order chi connectivity index (χ1) is 5.74. The van der Waals surface area contributed by atoms with Crippen LogP contribution >= 0.6 is 0 Å². The first kappa shape index (κ1) is 8.43. The van der Waals surface area contributed by atoms with E-state index >= 15 is 0 Å². The zero-order valence-electron chi connectivity index (χ0n) is 6.07. The molecule has 0 saturated carbocycles. The summed E-state index contributed by atoms with van der Waals surface area (Å²) in [5.74, 6) is 0.0426. The molecule has 0 saturated heterocycles. The molecule has 0 aliphatic heterocycles. The molecule has 0 amide bonds. The lowest BCUT2D eigenvalue weighted by molar-refractivity contribution is 0.356. The van der Waals surface area contributed by atoms with Crippen LogP contribution in [0.4, 0.5) is 4.39 Å². The highest BCUT2D eigenvalue weighted by molar-refractivity contribution is 5.35. The zero-order chi connectivity index (χ0) is 8.97. The van der Waals surface area contributed by atoms with Gasteiger partial charge in [0.25, 0.3) is 0 Å². The highest BCUT2D eigenvalue weighted by atomic mass is 19.1. The summed E-state index contributed by atoms with van der Waals surface area (Å²) in [6.45, 7) is 0. The lowest BCUT2D eigenvalue weighted by Gasteiger charge is -1.99. The summed E-state index contributed by atoms with van der Waals surface area (Å²) in [7, 11) is 0. The van der Waals surface area contributed by atoms with Gasteiger partial charge in [0.1, 0.15) is 5.75 Å². The molecular formula is C8H6FNO2. The molecule has 0 radical (unpaired) electrons. The Bertz CT molecular complexity index is 303. The number of phenolic OH excluding ortho intramolecular Hbond substituents is 1. The van der Waals surface area contributed by atoms with Crippen molar-refractivity contribution in [1.82, 2.24) is 0 Å². The van der Waals surface area contributed by atoms with Crippen LogP contribution in [0.5, 0.6) is 5.75 Å². The third kappa shape index (κ3) is 1.90. The molecule has 1 aromatic carbocycles.